The Morgan fingerprint density at radius 3 is 1.41 bits per heavy atom. The summed E-state index contributed by atoms with van der Waals surface area (Å²) in [4.78, 5) is 71.6. The predicted molar refractivity (Wildman–Crippen MR) is 212 cm³/mol. The Morgan fingerprint density at radius 1 is 0.607 bits per heavy atom. The van der Waals surface area contributed by atoms with Gasteiger partial charge >= 0.3 is 12.2 Å². The predicted octanol–water partition coefficient (Wildman–Crippen LogP) is 7.00. The third kappa shape index (κ3) is 8.90. The van der Waals surface area contributed by atoms with Gasteiger partial charge in [0.25, 0.3) is 0 Å². The van der Waals surface area contributed by atoms with E-state index in [9.17, 15) is 19.2 Å². The minimum Gasteiger partial charge on any atom is -0.453 e. The molecular weight excluding hydrogens is 713 g/mol. The number of carbonyl (C=O) groups is 4. The molecule has 298 valence electrons. The number of carbonyl (C=O) groups excluding carboxylic acids is 4. The van der Waals surface area contributed by atoms with Crippen LogP contribution in [0.5, 0.6) is 0 Å². The first kappa shape index (κ1) is 40.0. The molecule has 4 heterocycles. The number of nitrogens with zero attached hydrogens (tertiary/aromatic N) is 4. The number of rotatable bonds is 11. The number of imidazole rings is 2. The summed E-state index contributed by atoms with van der Waals surface area (Å²) in [5.74, 6) is 0.975. The first-order chi connectivity index (χ1) is 27.0. The second kappa shape index (κ2) is 17.9. The minimum atomic E-state index is -0.696. The van der Waals surface area contributed by atoms with Crippen LogP contribution in [-0.2, 0) is 19.1 Å². The number of aromatic nitrogens is 4. The Labute approximate surface area is 328 Å². The van der Waals surface area contributed by atoms with Crippen molar-refractivity contribution in [3.05, 3.63) is 72.6 Å². The molecule has 2 fully saturated rings. The molecular formula is C42H54N8O6. The summed E-state index contributed by atoms with van der Waals surface area (Å²) in [7, 11) is 2.59. The molecule has 4 N–H and O–H groups in total. The fourth-order valence-corrected chi connectivity index (χ4v) is 7.70. The average molecular weight is 767 g/mol. The van der Waals surface area contributed by atoms with Crippen molar-refractivity contribution in [3.8, 4) is 33.6 Å². The topological polar surface area (TPSA) is 175 Å². The molecule has 14 heteroatoms. The smallest absolute Gasteiger partial charge is 0.407 e. The van der Waals surface area contributed by atoms with E-state index in [1.54, 1.807) is 0 Å². The van der Waals surface area contributed by atoms with E-state index in [2.05, 4.69) is 44.9 Å². The van der Waals surface area contributed by atoms with Crippen LogP contribution in [0.15, 0.2) is 60.9 Å². The van der Waals surface area contributed by atoms with Gasteiger partial charge in [-0.2, -0.15) is 0 Å². The molecule has 2 aliphatic heterocycles. The van der Waals surface area contributed by atoms with Gasteiger partial charge in [-0.25, -0.2) is 19.6 Å². The number of hydrogen-bond donors (Lipinski definition) is 4. The number of benzene rings is 2. The normalized spacial score (nSPS) is 18.4. The highest BCUT2D eigenvalue weighted by atomic mass is 16.5. The van der Waals surface area contributed by atoms with Crippen LogP contribution in [0, 0.1) is 11.8 Å². The number of hydrogen-bond acceptors (Lipinski definition) is 8. The molecule has 4 atom stereocenters. The Balaban J connectivity index is 1.13. The van der Waals surface area contributed by atoms with E-state index in [0.29, 0.717) is 13.1 Å². The van der Waals surface area contributed by atoms with Gasteiger partial charge in [0.2, 0.25) is 11.8 Å². The van der Waals surface area contributed by atoms with Crippen LogP contribution in [0.1, 0.15) is 90.0 Å². The number of nitrogens with one attached hydrogen (secondary N) is 4. The number of ether oxygens (including phenoxy) is 2. The van der Waals surface area contributed by atoms with Crippen LogP contribution in [0.4, 0.5) is 9.59 Å². The van der Waals surface area contributed by atoms with E-state index in [-0.39, 0.29) is 35.7 Å². The summed E-state index contributed by atoms with van der Waals surface area (Å²) in [5.41, 5.74) is 5.60. The summed E-state index contributed by atoms with van der Waals surface area (Å²) >= 11 is 0. The van der Waals surface area contributed by atoms with Gasteiger partial charge in [0.05, 0.1) is 37.7 Å². The van der Waals surface area contributed by atoms with Crippen molar-refractivity contribution >= 4 is 24.0 Å². The lowest BCUT2D eigenvalue weighted by molar-refractivity contribution is -0.137. The molecule has 0 aliphatic carbocycles. The van der Waals surface area contributed by atoms with Crippen LogP contribution in [-0.4, -0.2) is 93.1 Å². The lowest BCUT2D eigenvalue weighted by Gasteiger charge is -2.33. The molecule has 0 bridgehead atoms. The third-order valence-corrected chi connectivity index (χ3v) is 10.9. The first-order valence-corrected chi connectivity index (χ1v) is 19.6. The molecule has 0 spiro atoms. The quantitative estimate of drug-likeness (QED) is 0.126. The monoisotopic (exact) mass is 766 g/mol. The van der Waals surface area contributed by atoms with Crippen molar-refractivity contribution in [1.29, 1.82) is 0 Å². The third-order valence-electron chi connectivity index (χ3n) is 10.9. The number of amides is 4. The maximum atomic E-state index is 13.8. The zero-order chi connectivity index (χ0) is 39.9. The van der Waals surface area contributed by atoms with Gasteiger partial charge in [-0.3, -0.25) is 9.59 Å². The molecule has 56 heavy (non-hydrogen) atoms. The van der Waals surface area contributed by atoms with Crippen molar-refractivity contribution in [2.45, 2.75) is 90.4 Å². The number of aromatic amines is 2. The minimum absolute atomic E-state index is 0.105. The summed E-state index contributed by atoms with van der Waals surface area (Å²) in [6.07, 6.45) is 7.82. The average Bonchev–Trinajstić information content (AvgIpc) is 3.98. The van der Waals surface area contributed by atoms with Gasteiger partial charge in [-0.15, -0.1) is 0 Å². The standard InChI is InChI=1S/C42H54N8O6/c1-25(2)35(47-41(53)55-5)39(51)49-21-9-7-8-11-33(49)37-43-23-31(45-37)29-17-13-27(14-18-29)28-15-19-30(20-16-28)32-24-44-38(46-32)34-12-10-22-50(34)40(52)36(26(3)4)48-42(54)56-6/h13-20,23-26,33-36H,7-12,21-22H2,1-6H3,(H,43,45)(H,44,46)(H,47,53)(H,48,54)/t33?,34?,35-,36-/m0/s1. The van der Waals surface area contributed by atoms with E-state index in [1.807, 2.05) is 74.2 Å². The Morgan fingerprint density at radius 2 is 1.00 bits per heavy atom. The van der Waals surface area contributed by atoms with Crippen molar-refractivity contribution in [2.24, 2.45) is 11.8 Å². The molecule has 2 unspecified atom stereocenters. The maximum Gasteiger partial charge on any atom is 0.407 e. The van der Waals surface area contributed by atoms with E-state index in [1.165, 1.54) is 14.2 Å². The summed E-state index contributed by atoms with van der Waals surface area (Å²) < 4.78 is 9.56. The second-order valence-electron chi connectivity index (χ2n) is 15.3. The highest BCUT2D eigenvalue weighted by Gasteiger charge is 2.38. The molecule has 0 radical (unpaired) electrons. The van der Waals surface area contributed by atoms with Gasteiger partial charge in [-0.1, -0.05) is 89.1 Å². The molecule has 0 saturated carbocycles. The van der Waals surface area contributed by atoms with Crippen molar-refractivity contribution in [3.63, 3.8) is 0 Å². The Kier molecular flexibility index (Phi) is 12.8. The fourth-order valence-electron chi connectivity index (χ4n) is 7.70. The summed E-state index contributed by atoms with van der Waals surface area (Å²) in [6, 6.07) is 14.6. The van der Waals surface area contributed by atoms with Gasteiger partial charge in [0.1, 0.15) is 23.7 Å². The number of methoxy groups -OCH3 is 2. The van der Waals surface area contributed by atoms with Gasteiger partial charge in [-0.05, 0) is 48.6 Å². The molecule has 2 aromatic heterocycles. The molecule has 2 saturated heterocycles. The Bertz CT molecular complexity index is 1970. The number of H-pyrrole nitrogens is 2. The van der Waals surface area contributed by atoms with Crippen molar-refractivity contribution in [2.75, 3.05) is 27.3 Å². The fraction of sp³-hybridized carbons (Fsp3) is 0.476. The van der Waals surface area contributed by atoms with E-state index >= 15 is 0 Å². The molecule has 6 rings (SSSR count). The van der Waals surface area contributed by atoms with Crippen LogP contribution in [0.25, 0.3) is 33.6 Å². The van der Waals surface area contributed by atoms with Crippen molar-refractivity contribution in [1.82, 2.24) is 40.4 Å². The van der Waals surface area contributed by atoms with E-state index in [0.717, 1.165) is 83.8 Å². The van der Waals surface area contributed by atoms with Crippen LogP contribution >= 0.6 is 0 Å². The highest BCUT2D eigenvalue weighted by Crippen LogP contribution is 2.34. The van der Waals surface area contributed by atoms with E-state index < -0.39 is 24.3 Å². The van der Waals surface area contributed by atoms with Gasteiger partial charge in [0, 0.05) is 36.6 Å². The Hall–Kier alpha value is -5.66. The zero-order valence-electron chi connectivity index (χ0n) is 33.1. The molecule has 4 amide bonds. The van der Waals surface area contributed by atoms with Crippen LogP contribution < -0.4 is 10.6 Å². The van der Waals surface area contributed by atoms with Crippen molar-refractivity contribution < 1.29 is 28.7 Å². The largest absolute Gasteiger partial charge is 0.453 e. The second-order valence-corrected chi connectivity index (χ2v) is 15.3. The molecule has 2 aliphatic rings. The zero-order valence-corrected chi connectivity index (χ0v) is 33.1. The van der Waals surface area contributed by atoms with Crippen LogP contribution in [0.3, 0.4) is 0 Å². The van der Waals surface area contributed by atoms with Gasteiger partial charge in [0.15, 0.2) is 0 Å². The summed E-state index contributed by atoms with van der Waals surface area (Å²) in [5, 5.41) is 5.43. The number of likely N-dealkylation sites (tertiary alicyclic amines) is 2. The van der Waals surface area contributed by atoms with Gasteiger partial charge < -0.3 is 39.9 Å². The van der Waals surface area contributed by atoms with E-state index in [4.69, 9.17) is 19.4 Å². The maximum absolute atomic E-state index is 13.8. The molecule has 4 aromatic rings. The lowest BCUT2D eigenvalue weighted by Crippen LogP contribution is -2.52. The first-order valence-electron chi connectivity index (χ1n) is 19.6. The summed E-state index contributed by atoms with van der Waals surface area (Å²) in [6.45, 7) is 8.82. The number of alkyl carbamates (subject to hydrolysis) is 2. The lowest BCUT2D eigenvalue weighted by atomic mass is 10.0. The molecule has 14 nitrogen and oxygen atoms in total. The highest BCUT2D eigenvalue weighted by molar-refractivity contribution is 5.87. The molecule has 2 aromatic carbocycles. The SMILES string of the molecule is COC(=O)N[C@H](C(=O)N1CCCCCC1c1nc(-c2ccc(-c3ccc(-c4c[nH]c(C5CCCN5C(=O)[C@@H](NC(=O)OC)C(C)C)n4)cc3)cc2)c[nH]1)C(C)C. The van der Waals surface area contributed by atoms with Crippen LogP contribution in [0.2, 0.25) is 0 Å².